The lowest BCUT2D eigenvalue weighted by Gasteiger charge is -2.09. The Morgan fingerprint density at radius 1 is 1.38 bits per heavy atom. The highest BCUT2D eigenvalue weighted by atomic mass is 79.9. The molecular weight excluding hydrogens is 363 g/mol. The number of hydrogen-bond donors (Lipinski definition) is 2. The summed E-state index contributed by atoms with van der Waals surface area (Å²) >= 11 is 9.05. The van der Waals surface area contributed by atoms with Gasteiger partial charge in [0.2, 0.25) is 0 Å². The van der Waals surface area contributed by atoms with Crippen molar-refractivity contribution in [3.8, 4) is 0 Å². The number of aromatic nitrogens is 2. The van der Waals surface area contributed by atoms with Gasteiger partial charge in [-0.15, -0.1) is 0 Å². The van der Waals surface area contributed by atoms with Gasteiger partial charge in [-0.05, 0) is 35.0 Å². The first-order chi connectivity index (χ1) is 10.0. The van der Waals surface area contributed by atoms with Crippen molar-refractivity contribution < 1.29 is 9.18 Å². The van der Waals surface area contributed by atoms with Crippen LogP contribution in [0.3, 0.4) is 0 Å². The van der Waals surface area contributed by atoms with E-state index >= 15 is 0 Å². The van der Waals surface area contributed by atoms with Crippen LogP contribution in [0.2, 0.25) is 5.02 Å². The van der Waals surface area contributed by atoms with Crippen molar-refractivity contribution in [2.24, 2.45) is 0 Å². The SMILES string of the molecule is CCNc1cnc(C(=O)Nc2c(Cl)cc(F)cc2Br)cn1. The predicted octanol–water partition coefficient (Wildman–Crippen LogP) is 3.72. The molecule has 21 heavy (non-hydrogen) atoms. The zero-order valence-corrected chi connectivity index (χ0v) is 13.3. The minimum atomic E-state index is -0.500. The molecule has 0 fully saturated rings. The number of benzene rings is 1. The summed E-state index contributed by atoms with van der Waals surface area (Å²) in [5.41, 5.74) is 0.407. The second-order valence-corrected chi connectivity index (χ2v) is 5.28. The molecule has 5 nitrogen and oxygen atoms in total. The molecule has 1 heterocycles. The van der Waals surface area contributed by atoms with Crippen LogP contribution < -0.4 is 10.6 Å². The number of amides is 1. The number of halogens is 3. The summed E-state index contributed by atoms with van der Waals surface area (Å²) in [5, 5.41) is 5.63. The lowest BCUT2D eigenvalue weighted by atomic mass is 10.3. The van der Waals surface area contributed by atoms with Crippen molar-refractivity contribution in [1.29, 1.82) is 0 Å². The van der Waals surface area contributed by atoms with Gasteiger partial charge in [-0.1, -0.05) is 11.6 Å². The largest absolute Gasteiger partial charge is 0.369 e. The number of nitrogens with zero attached hydrogens (tertiary/aromatic N) is 2. The van der Waals surface area contributed by atoms with Gasteiger partial charge in [0, 0.05) is 11.0 Å². The van der Waals surface area contributed by atoms with Crippen LogP contribution in [0.5, 0.6) is 0 Å². The van der Waals surface area contributed by atoms with Gasteiger partial charge >= 0.3 is 0 Å². The smallest absolute Gasteiger partial charge is 0.275 e. The summed E-state index contributed by atoms with van der Waals surface area (Å²) in [7, 11) is 0. The van der Waals surface area contributed by atoms with E-state index in [1.54, 1.807) is 0 Å². The normalized spacial score (nSPS) is 10.3. The lowest BCUT2D eigenvalue weighted by molar-refractivity contribution is 0.102. The van der Waals surface area contributed by atoms with E-state index in [0.717, 1.165) is 6.07 Å². The van der Waals surface area contributed by atoms with Crippen molar-refractivity contribution in [1.82, 2.24) is 9.97 Å². The summed E-state index contributed by atoms with van der Waals surface area (Å²) in [6, 6.07) is 2.32. The molecule has 110 valence electrons. The van der Waals surface area contributed by atoms with Crippen molar-refractivity contribution in [3.05, 3.63) is 45.5 Å². The molecule has 1 aromatic heterocycles. The maximum Gasteiger partial charge on any atom is 0.275 e. The Morgan fingerprint density at radius 3 is 2.71 bits per heavy atom. The van der Waals surface area contributed by atoms with Crippen LogP contribution in [0.15, 0.2) is 29.0 Å². The third kappa shape index (κ3) is 3.89. The van der Waals surface area contributed by atoms with Crippen LogP contribution in [0.25, 0.3) is 0 Å². The lowest BCUT2D eigenvalue weighted by Crippen LogP contribution is -2.15. The fraction of sp³-hybridized carbons (Fsp3) is 0.154. The first-order valence-electron chi connectivity index (χ1n) is 6.03. The zero-order valence-electron chi connectivity index (χ0n) is 11.0. The molecule has 0 aliphatic heterocycles. The highest BCUT2D eigenvalue weighted by Gasteiger charge is 2.14. The number of carbonyl (C=O) groups is 1. The van der Waals surface area contributed by atoms with E-state index in [9.17, 15) is 9.18 Å². The average Bonchev–Trinajstić information content (AvgIpc) is 2.43. The van der Waals surface area contributed by atoms with E-state index in [2.05, 4.69) is 36.5 Å². The molecule has 8 heteroatoms. The standard InChI is InChI=1S/C13H11BrClFN4O/c1-2-17-11-6-18-10(5-19-11)13(21)20-12-8(14)3-7(16)4-9(12)15/h3-6H,2H2,1H3,(H,17,19)(H,20,21). The molecule has 0 aliphatic rings. The third-order valence-electron chi connectivity index (χ3n) is 2.49. The van der Waals surface area contributed by atoms with Gasteiger partial charge in [-0.25, -0.2) is 14.4 Å². The fourth-order valence-electron chi connectivity index (χ4n) is 1.56. The molecule has 2 aromatic rings. The van der Waals surface area contributed by atoms with Crippen molar-refractivity contribution in [2.45, 2.75) is 6.92 Å². The summed E-state index contributed by atoms with van der Waals surface area (Å²) in [6.45, 7) is 2.63. The molecule has 0 aliphatic carbocycles. The van der Waals surface area contributed by atoms with E-state index in [-0.39, 0.29) is 16.4 Å². The van der Waals surface area contributed by atoms with Gasteiger partial charge in [-0.3, -0.25) is 4.79 Å². The Bertz CT molecular complexity index is 643. The molecule has 2 N–H and O–H groups in total. The molecule has 0 bridgehead atoms. The third-order valence-corrected chi connectivity index (χ3v) is 3.41. The summed E-state index contributed by atoms with van der Waals surface area (Å²) in [4.78, 5) is 20.1. The van der Waals surface area contributed by atoms with Gasteiger partial charge in [0.15, 0.2) is 0 Å². The van der Waals surface area contributed by atoms with Crippen LogP contribution in [0.1, 0.15) is 17.4 Å². The van der Waals surface area contributed by atoms with E-state index in [4.69, 9.17) is 11.6 Å². The first-order valence-corrected chi connectivity index (χ1v) is 7.20. The molecular formula is C13H11BrClFN4O. The number of carbonyl (C=O) groups excluding carboxylic acids is 1. The van der Waals surface area contributed by atoms with Crippen molar-refractivity contribution in [2.75, 3.05) is 17.2 Å². The Labute approximate surface area is 134 Å². The second-order valence-electron chi connectivity index (χ2n) is 4.02. The first kappa shape index (κ1) is 15.7. The minimum absolute atomic E-state index is 0.0902. The molecule has 0 spiro atoms. The molecule has 0 atom stereocenters. The number of nitrogens with one attached hydrogen (secondary N) is 2. The molecule has 0 saturated heterocycles. The van der Waals surface area contributed by atoms with Gasteiger partial charge in [-0.2, -0.15) is 0 Å². The molecule has 2 rings (SSSR count). The Morgan fingerprint density at radius 2 is 2.14 bits per heavy atom. The van der Waals surface area contributed by atoms with Crippen LogP contribution >= 0.6 is 27.5 Å². The van der Waals surface area contributed by atoms with Crippen molar-refractivity contribution >= 4 is 44.9 Å². The predicted molar refractivity (Wildman–Crippen MR) is 83.3 cm³/mol. The van der Waals surface area contributed by atoms with Gasteiger partial charge < -0.3 is 10.6 Å². The minimum Gasteiger partial charge on any atom is -0.369 e. The van der Waals surface area contributed by atoms with Crippen LogP contribution in [0.4, 0.5) is 15.9 Å². The molecule has 0 radical (unpaired) electrons. The van der Waals surface area contributed by atoms with E-state index in [1.807, 2.05) is 6.92 Å². The number of rotatable bonds is 4. The maximum absolute atomic E-state index is 13.1. The maximum atomic E-state index is 13.1. The van der Waals surface area contributed by atoms with E-state index in [1.165, 1.54) is 18.5 Å². The van der Waals surface area contributed by atoms with Crippen LogP contribution in [-0.2, 0) is 0 Å². The van der Waals surface area contributed by atoms with Crippen LogP contribution in [-0.4, -0.2) is 22.4 Å². The monoisotopic (exact) mass is 372 g/mol. The molecule has 1 aromatic carbocycles. The highest BCUT2D eigenvalue weighted by molar-refractivity contribution is 9.10. The summed E-state index contributed by atoms with van der Waals surface area (Å²) < 4.78 is 13.5. The number of hydrogen-bond acceptors (Lipinski definition) is 4. The average molecular weight is 374 g/mol. The highest BCUT2D eigenvalue weighted by Crippen LogP contribution is 2.31. The molecule has 1 amide bonds. The zero-order chi connectivity index (χ0) is 15.4. The second kappa shape index (κ2) is 6.82. The van der Waals surface area contributed by atoms with Gasteiger partial charge in [0.05, 0.1) is 23.1 Å². The summed E-state index contributed by atoms with van der Waals surface area (Å²) in [5.74, 6) is -0.408. The van der Waals surface area contributed by atoms with Crippen LogP contribution in [0, 0.1) is 5.82 Å². The van der Waals surface area contributed by atoms with E-state index in [0.29, 0.717) is 16.8 Å². The Hall–Kier alpha value is -1.73. The van der Waals surface area contributed by atoms with Gasteiger partial charge in [0.25, 0.3) is 5.91 Å². The van der Waals surface area contributed by atoms with Gasteiger partial charge in [0.1, 0.15) is 17.3 Å². The topological polar surface area (TPSA) is 66.9 Å². The quantitative estimate of drug-likeness (QED) is 0.857. The number of anilines is 2. The summed E-state index contributed by atoms with van der Waals surface area (Å²) in [6.07, 6.45) is 2.80. The Balaban J connectivity index is 2.18. The fourth-order valence-corrected chi connectivity index (χ4v) is 2.46. The molecule has 0 saturated carbocycles. The van der Waals surface area contributed by atoms with E-state index < -0.39 is 11.7 Å². The van der Waals surface area contributed by atoms with Crippen molar-refractivity contribution in [3.63, 3.8) is 0 Å². The Kier molecular flexibility index (Phi) is 5.08. The molecule has 0 unspecified atom stereocenters.